The van der Waals surface area contributed by atoms with Crippen molar-refractivity contribution in [2.45, 2.75) is 26.0 Å². The predicted octanol–water partition coefficient (Wildman–Crippen LogP) is 3.74. The van der Waals surface area contributed by atoms with Crippen LogP contribution in [0, 0.1) is 6.92 Å². The third-order valence-corrected chi connectivity index (χ3v) is 4.75. The van der Waals surface area contributed by atoms with Crippen molar-refractivity contribution >= 4 is 23.8 Å². The fraction of sp³-hybridized carbons (Fsp3) is 0.222. The Morgan fingerprint density at radius 3 is 2.92 bits per heavy atom. The van der Waals surface area contributed by atoms with Gasteiger partial charge in [-0.2, -0.15) is 0 Å². The number of fused-ring (bicyclic) bond motifs is 2. The average molecular weight is 341 g/mol. The molecule has 2 N–H and O–H groups in total. The number of rotatable bonds is 2. The van der Waals surface area contributed by atoms with Gasteiger partial charge >= 0.3 is 0 Å². The predicted molar refractivity (Wildman–Crippen MR) is 93.8 cm³/mol. The van der Waals surface area contributed by atoms with Gasteiger partial charge < -0.3 is 14.7 Å². The molecule has 4 rings (SSSR count). The molecule has 2 unspecified atom stereocenters. The molecule has 5 nitrogen and oxygen atoms in total. The molecule has 0 saturated carbocycles. The summed E-state index contributed by atoms with van der Waals surface area (Å²) in [5.74, 6) is 0.844. The van der Waals surface area contributed by atoms with Gasteiger partial charge in [0.05, 0.1) is 29.5 Å². The number of halogens is 1. The second-order valence-corrected chi connectivity index (χ2v) is 6.42. The average Bonchev–Trinajstić information content (AvgIpc) is 3.17. The van der Waals surface area contributed by atoms with Crippen molar-refractivity contribution in [3.8, 4) is 0 Å². The SMILES string of the molecule is Cc1nc2c(n1C(C)c1c[nH]cn1)C=Cc1cc(Cl)ccc1C2O. The van der Waals surface area contributed by atoms with E-state index in [1.807, 2.05) is 37.4 Å². The first-order chi connectivity index (χ1) is 11.6. The summed E-state index contributed by atoms with van der Waals surface area (Å²) in [5, 5.41) is 11.5. The summed E-state index contributed by atoms with van der Waals surface area (Å²) >= 11 is 6.09. The highest BCUT2D eigenvalue weighted by Crippen LogP contribution is 2.35. The van der Waals surface area contributed by atoms with Gasteiger partial charge in [0.2, 0.25) is 0 Å². The minimum absolute atomic E-state index is 0.00847. The minimum atomic E-state index is -0.784. The molecule has 0 fully saturated rings. The molecule has 3 aromatic rings. The number of nitrogens with one attached hydrogen (secondary N) is 1. The summed E-state index contributed by atoms with van der Waals surface area (Å²) in [4.78, 5) is 12.0. The monoisotopic (exact) mass is 340 g/mol. The molecule has 0 bridgehead atoms. The zero-order valence-corrected chi connectivity index (χ0v) is 14.1. The number of imidazole rings is 2. The van der Waals surface area contributed by atoms with Crippen molar-refractivity contribution in [1.82, 2.24) is 19.5 Å². The van der Waals surface area contributed by atoms with Crippen LogP contribution >= 0.6 is 11.6 Å². The number of H-pyrrole nitrogens is 1. The fourth-order valence-electron chi connectivity index (χ4n) is 3.33. The summed E-state index contributed by atoms with van der Waals surface area (Å²) in [6, 6.07) is 5.51. The Bertz CT molecular complexity index is 927. The van der Waals surface area contributed by atoms with E-state index in [2.05, 4.69) is 26.4 Å². The third kappa shape index (κ3) is 2.28. The first-order valence-electron chi connectivity index (χ1n) is 7.79. The van der Waals surface area contributed by atoms with Crippen molar-refractivity contribution in [2.24, 2.45) is 0 Å². The lowest BCUT2D eigenvalue weighted by Crippen LogP contribution is -2.11. The van der Waals surface area contributed by atoms with Crippen LogP contribution in [0.25, 0.3) is 12.2 Å². The minimum Gasteiger partial charge on any atom is -0.382 e. The lowest BCUT2D eigenvalue weighted by Gasteiger charge is -2.16. The molecular weight excluding hydrogens is 324 g/mol. The maximum absolute atomic E-state index is 10.9. The van der Waals surface area contributed by atoms with Crippen molar-refractivity contribution in [2.75, 3.05) is 0 Å². The summed E-state index contributed by atoms with van der Waals surface area (Å²) < 4.78 is 2.10. The summed E-state index contributed by atoms with van der Waals surface area (Å²) in [6.45, 7) is 4.02. The first kappa shape index (κ1) is 15.2. The Morgan fingerprint density at radius 1 is 1.33 bits per heavy atom. The number of nitrogens with zero attached hydrogens (tertiary/aromatic N) is 3. The Morgan fingerprint density at radius 2 is 2.17 bits per heavy atom. The van der Waals surface area contributed by atoms with E-state index in [1.54, 1.807) is 12.4 Å². The van der Waals surface area contributed by atoms with Gasteiger partial charge in [-0.15, -0.1) is 0 Å². The number of aromatic nitrogens is 4. The van der Waals surface area contributed by atoms with Gasteiger partial charge in [0.1, 0.15) is 11.9 Å². The number of aryl methyl sites for hydroxylation is 1. The van der Waals surface area contributed by atoms with E-state index in [0.29, 0.717) is 10.7 Å². The Kier molecular flexibility index (Phi) is 3.55. The number of aliphatic hydroxyl groups is 1. The Hall–Kier alpha value is -2.37. The highest BCUT2D eigenvalue weighted by atomic mass is 35.5. The Balaban J connectivity index is 1.88. The number of hydrogen-bond donors (Lipinski definition) is 2. The maximum Gasteiger partial charge on any atom is 0.124 e. The molecule has 0 amide bonds. The van der Waals surface area contributed by atoms with Gasteiger partial charge in [-0.05, 0) is 43.2 Å². The maximum atomic E-state index is 10.9. The quantitative estimate of drug-likeness (QED) is 0.746. The van der Waals surface area contributed by atoms with E-state index in [-0.39, 0.29) is 6.04 Å². The van der Waals surface area contributed by atoms with Crippen LogP contribution in [0.2, 0.25) is 5.02 Å². The van der Waals surface area contributed by atoms with Crippen molar-refractivity contribution in [3.05, 3.63) is 69.8 Å². The topological polar surface area (TPSA) is 66.7 Å². The van der Waals surface area contributed by atoms with Crippen LogP contribution in [-0.2, 0) is 0 Å². The molecule has 0 spiro atoms. The second kappa shape index (κ2) is 5.61. The van der Waals surface area contributed by atoms with E-state index in [4.69, 9.17) is 11.6 Å². The molecule has 0 aliphatic heterocycles. The number of aliphatic hydroxyl groups excluding tert-OH is 1. The van der Waals surface area contributed by atoms with E-state index in [1.165, 1.54) is 0 Å². The molecule has 0 radical (unpaired) electrons. The number of hydrogen-bond acceptors (Lipinski definition) is 3. The van der Waals surface area contributed by atoms with Gasteiger partial charge in [-0.1, -0.05) is 23.7 Å². The van der Waals surface area contributed by atoms with Gasteiger partial charge in [-0.25, -0.2) is 9.97 Å². The normalized spacial score (nSPS) is 17.2. The van der Waals surface area contributed by atoms with Crippen molar-refractivity contribution < 1.29 is 5.11 Å². The van der Waals surface area contributed by atoms with Crippen LogP contribution in [0.5, 0.6) is 0 Å². The molecule has 0 saturated heterocycles. The fourth-order valence-corrected chi connectivity index (χ4v) is 3.51. The molecule has 1 aromatic carbocycles. The summed E-state index contributed by atoms with van der Waals surface area (Å²) in [7, 11) is 0. The summed E-state index contributed by atoms with van der Waals surface area (Å²) in [6.07, 6.45) is 6.73. The number of benzene rings is 1. The highest BCUT2D eigenvalue weighted by Gasteiger charge is 2.27. The van der Waals surface area contributed by atoms with Crippen molar-refractivity contribution in [3.63, 3.8) is 0 Å². The van der Waals surface area contributed by atoms with Crippen LogP contribution in [0.4, 0.5) is 0 Å². The molecule has 2 atom stereocenters. The van der Waals surface area contributed by atoms with Crippen molar-refractivity contribution in [1.29, 1.82) is 0 Å². The zero-order valence-electron chi connectivity index (χ0n) is 13.4. The molecule has 6 heteroatoms. The molecule has 1 aliphatic carbocycles. The largest absolute Gasteiger partial charge is 0.382 e. The third-order valence-electron chi connectivity index (χ3n) is 4.51. The van der Waals surface area contributed by atoms with Gasteiger partial charge in [0.25, 0.3) is 0 Å². The lowest BCUT2D eigenvalue weighted by atomic mass is 10.0. The zero-order chi connectivity index (χ0) is 16.8. The van der Waals surface area contributed by atoms with Crippen LogP contribution < -0.4 is 0 Å². The first-order valence-corrected chi connectivity index (χ1v) is 8.17. The molecule has 1 aliphatic rings. The molecule has 24 heavy (non-hydrogen) atoms. The van der Waals surface area contributed by atoms with E-state index in [0.717, 1.165) is 28.3 Å². The molecule has 2 aromatic heterocycles. The van der Waals surface area contributed by atoms with E-state index < -0.39 is 6.10 Å². The number of aromatic amines is 1. The van der Waals surface area contributed by atoms with Gasteiger partial charge in [-0.3, -0.25) is 0 Å². The van der Waals surface area contributed by atoms with Crippen LogP contribution in [0.3, 0.4) is 0 Å². The van der Waals surface area contributed by atoms with E-state index in [9.17, 15) is 5.11 Å². The van der Waals surface area contributed by atoms with Gasteiger partial charge in [0.15, 0.2) is 0 Å². The molecular formula is C18H17ClN4O. The van der Waals surface area contributed by atoms with Crippen LogP contribution in [0.1, 0.15) is 53.1 Å². The molecule has 2 heterocycles. The van der Waals surface area contributed by atoms with Crippen LogP contribution in [-0.4, -0.2) is 24.6 Å². The van der Waals surface area contributed by atoms with E-state index >= 15 is 0 Å². The lowest BCUT2D eigenvalue weighted by molar-refractivity contribution is 0.215. The van der Waals surface area contributed by atoms with Crippen LogP contribution in [0.15, 0.2) is 30.7 Å². The Labute approximate surface area is 144 Å². The smallest absolute Gasteiger partial charge is 0.124 e. The standard InChI is InChI=1S/C18H17ClN4O/c1-10(15-8-20-9-21-15)23-11(2)22-17-16(23)6-3-12-7-13(19)4-5-14(12)18(17)24/h3-10,18,24H,1-2H3,(H,20,21). The highest BCUT2D eigenvalue weighted by molar-refractivity contribution is 6.30. The summed E-state index contributed by atoms with van der Waals surface area (Å²) in [5.41, 5.74) is 4.19. The molecule has 122 valence electrons. The van der Waals surface area contributed by atoms with Gasteiger partial charge in [0, 0.05) is 11.2 Å². The second-order valence-electron chi connectivity index (χ2n) is 5.98.